The van der Waals surface area contributed by atoms with Gasteiger partial charge in [0.15, 0.2) is 0 Å². The van der Waals surface area contributed by atoms with E-state index < -0.39 is 0 Å². The Hall–Kier alpha value is -1.58. The van der Waals surface area contributed by atoms with Crippen molar-refractivity contribution >= 4 is 17.6 Å². The lowest BCUT2D eigenvalue weighted by molar-refractivity contribution is -0.212. The van der Waals surface area contributed by atoms with Gasteiger partial charge < -0.3 is 10.1 Å². The summed E-state index contributed by atoms with van der Waals surface area (Å²) in [4.78, 5) is 12.9. The third-order valence-corrected chi connectivity index (χ3v) is 15.7. The Morgan fingerprint density at radius 3 is 2.49 bits per heavy atom. The summed E-state index contributed by atoms with van der Waals surface area (Å²) >= 11 is 6.20. The van der Waals surface area contributed by atoms with Crippen molar-refractivity contribution in [2.24, 2.45) is 51.8 Å². The number of allylic oxidation sites excluding steroid dienone is 4. The van der Waals surface area contributed by atoms with Crippen molar-refractivity contribution in [3.8, 4) is 0 Å². The highest BCUT2D eigenvalue weighted by Gasteiger charge is 2.68. The number of alkyl halides is 1. The van der Waals surface area contributed by atoms with Crippen molar-refractivity contribution in [2.75, 3.05) is 12.4 Å². The van der Waals surface area contributed by atoms with Crippen LogP contribution in [0, 0.1) is 51.8 Å². The Labute approximate surface area is 278 Å². The summed E-state index contributed by atoms with van der Waals surface area (Å²) in [6.07, 6.45) is 21.5. The van der Waals surface area contributed by atoms with Gasteiger partial charge in [-0.3, -0.25) is 4.79 Å². The Morgan fingerprint density at radius 1 is 0.911 bits per heavy atom. The molecule has 0 aliphatic heterocycles. The highest BCUT2D eigenvalue weighted by Crippen LogP contribution is 2.75. The van der Waals surface area contributed by atoms with Gasteiger partial charge in [-0.1, -0.05) is 76.6 Å². The number of carbonyl (C=O) groups excluding carboxylic acids is 1. The molecule has 4 saturated carbocycles. The lowest BCUT2D eigenvalue weighted by Gasteiger charge is -2.71. The number of hydrogen-bond donors (Lipinski definition) is 1. The fraction of sp³-hybridized carbons (Fsp3) is 0.732. The van der Waals surface area contributed by atoms with Crippen molar-refractivity contribution in [1.82, 2.24) is 5.32 Å². The predicted molar refractivity (Wildman–Crippen MR) is 185 cm³/mol. The second kappa shape index (κ2) is 12.1. The van der Waals surface area contributed by atoms with Crippen LogP contribution >= 0.6 is 11.6 Å². The second-order valence-electron chi connectivity index (χ2n) is 16.9. The molecule has 3 nitrogen and oxygen atoms in total. The first-order valence-corrected chi connectivity index (χ1v) is 19.1. The second-order valence-corrected chi connectivity index (χ2v) is 17.3. The predicted octanol–water partition coefficient (Wildman–Crippen LogP) is 10.0. The Kier molecular flexibility index (Phi) is 8.63. The van der Waals surface area contributed by atoms with E-state index in [0.29, 0.717) is 34.3 Å². The van der Waals surface area contributed by atoms with E-state index >= 15 is 0 Å². The average Bonchev–Trinajstić information content (AvgIpc) is 3.48. The van der Waals surface area contributed by atoms with Crippen LogP contribution in [0.4, 0.5) is 0 Å². The van der Waals surface area contributed by atoms with Gasteiger partial charge in [0.05, 0.1) is 5.92 Å². The van der Waals surface area contributed by atoms with Crippen LogP contribution in [0.3, 0.4) is 0 Å². The van der Waals surface area contributed by atoms with Crippen molar-refractivity contribution < 1.29 is 9.53 Å². The number of halogens is 1. The molecular formula is C41H58ClNO2. The first kappa shape index (κ1) is 32.0. The standard InChI is InChI=1S/C41H58ClNO2/c1-28-32(30-12-14-31(15-13-30)37(44)45-27-29-9-6-5-7-10-29)18-21-38(2)33(28)19-22-40(4)36(38)17-16-34-35-11-8-20-41(35,43-26-25-42)24-23-39(34,40)3/h5-7,9-10,12,18,28,31,33-36,43H,8,11,13-17,19-27H2,1-4H3/t28?,31?,33?,34?,35-,36?,38?,39-,40-,41?/m1/s1. The maximum atomic E-state index is 12.9. The lowest BCUT2D eigenvalue weighted by Crippen LogP contribution is -2.67. The van der Waals surface area contributed by atoms with Crippen LogP contribution in [0.2, 0.25) is 0 Å². The molecule has 6 aliphatic carbocycles. The van der Waals surface area contributed by atoms with Gasteiger partial charge in [0.1, 0.15) is 6.61 Å². The monoisotopic (exact) mass is 631 g/mol. The van der Waals surface area contributed by atoms with E-state index in [1.54, 1.807) is 5.57 Å². The van der Waals surface area contributed by atoms with Gasteiger partial charge >= 0.3 is 5.97 Å². The molecule has 1 N–H and O–H groups in total. The topological polar surface area (TPSA) is 38.3 Å². The summed E-state index contributed by atoms with van der Waals surface area (Å²) < 4.78 is 5.71. The molecule has 7 unspecified atom stereocenters. The molecule has 0 amide bonds. The zero-order chi connectivity index (χ0) is 31.5. The van der Waals surface area contributed by atoms with Crippen molar-refractivity contribution in [2.45, 2.75) is 123 Å². The molecule has 0 spiro atoms. The number of fused-ring (bicyclic) bond motifs is 7. The number of ether oxygens (including phenoxy) is 1. The minimum atomic E-state index is -0.0320. The van der Waals surface area contributed by atoms with Crippen molar-refractivity contribution in [1.29, 1.82) is 0 Å². The summed E-state index contributed by atoms with van der Waals surface area (Å²) in [5, 5.41) is 4.03. The van der Waals surface area contributed by atoms with Crippen LogP contribution in [-0.4, -0.2) is 23.9 Å². The fourth-order valence-electron chi connectivity index (χ4n) is 13.0. The molecule has 246 valence electrons. The summed E-state index contributed by atoms with van der Waals surface area (Å²) in [5.41, 5.74) is 5.78. The van der Waals surface area contributed by atoms with Gasteiger partial charge in [0.2, 0.25) is 0 Å². The highest BCUT2D eigenvalue weighted by molar-refractivity contribution is 6.18. The summed E-state index contributed by atoms with van der Waals surface area (Å²) in [6, 6.07) is 10.0. The number of benzene rings is 1. The molecule has 0 saturated heterocycles. The average molecular weight is 632 g/mol. The SMILES string of the molecule is CC1C(C2=CCC(C(=O)OCc3ccccc3)CC2)=CCC2(C)C1CC[C@]1(C)C2CCC2[C@H]3CCCC3(NCCCl)CC[C@]21C. The van der Waals surface area contributed by atoms with E-state index in [0.717, 1.165) is 60.9 Å². The first-order chi connectivity index (χ1) is 21.7. The minimum absolute atomic E-state index is 0.00669. The molecule has 7 rings (SSSR count). The maximum Gasteiger partial charge on any atom is 0.309 e. The molecule has 6 aliphatic rings. The van der Waals surface area contributed by atoms with Crippen LogP contribution in [0.15, 0.2) is 53.6 Å². The van der Waals surface area contributed by atoms with E-state index in [4.69, 9.17) is 16.3 Å². The van der Waals surface area contributed by atoms with Crippen LogP contribution in [0.25, 0.3) is 0 Å². The van der Waals surface area contributed by atoms with Crippen molar-refractivity contribution in [3.63, 3.8) is 0 Å². The number of hydrogen-bond acceptors (Lipinski definition) is 3. The maximum absolute atomic E-state index is 12.9. The van der Waals surface area contributed by atoms with Gasteiger partial charge in [-0.05, 0) is 140 Å². The van der Waals surface area contributed by atoms with E-state index in [1.165, 1.54) is 69.8 Å². The fourth-order valence-corrected chi connectivity index (χ4v) is 13.1. The van der Waals surface area contributed by atoms with Gasteiger partial charge in [-0.15, -0.1) is 11.6 Å². The first-order valence-electron chi connectivity index (χ1n) is 18.6. The normalized spacial score (nSPS) is 44.0. The summed E-state index contributed by atoms with van der Waals surface area (Å²) in [6.45, 7) is 12.1. The molecule has 45 heavy (non-hydrogen) atoms. The quantitative estimate of drug-likeness (QED) is 0.240. The lowest BCUT2D eigenvalue weighted by atomic mass is 9.34. The van der Waals surface area contributed by atoms with Crippen molar-refractivity contribution in [3.05, 3.63) is 59.2 Å². The number of esters is 1. The smallest absolute Gasteiger partial charge is 0.309 e. The molecule has 0 radical (unpaired) electrons. The molecule has 4 fully saturated rings. The molecular weight excluding hydrogens is 574 g/mol. The molecule has 0 heterocycles. The molecule has 1 aromatic rings. The van der Waals surface area contributed by atoms with Gasteiger partial charge in [0.25, 0.3) is 0 Å². The van der Waals surface area contributed by atoms with E-state index in [-0.39, 0.29) is 11.9 Å². The molecule has 10 atom stereocenters. The molecule has 4 heteroatoms. The van der Waals surface area contributed by atoms with Crippen LogP contribution in [0.5, 0.6) is 0 Å². The van der Waals surface area contributed by atoms with E-state index in [2.05, 4.69) is 45.2 Å². The van der Waals surface area contributed by atoms with Gasteiger partial charge in [0, 0.05) is 18.0 Å². The Morgan fingerprint density at radius 2 is 1.73 bits per heavy atom. The van der Waals surface area contributed by atoms with Crippen LogP contribution in [0.1, 0.15) is 117 Å². The van der Waals surface area contributed by atoms with E-state index in [1.807, 2.05) is 30.3 Å². The number of carbonyl (C=O) groups is 1. The van der Waals surface area contributed by atoms with E-state index in [9.17, 15) is 4.79 Å². The zero-order valence-electron chi connectivity index (χ0n) is 28.5. The minimum Gasteiger partial charge on any atom is -0.461 e. The Bertz CT molecular complexity index is 1320. The van der Waals surface area contributed by atoms with Gasteiger partial charge in [-0.2, -0.15) is 0 Å². The number of nitrogens with one attached hydrogen (secondary N) is 1. The third kappa shape index (κ3) is 5.11. The largest absolute Gasteiger partial charge is 0.461 e. The molecule has 0 bridgehead atoms. The van der Waals surface area contributed by atoms with Crippen LogP contribution < -0.4 is 5.32 Å². The highest BCUT2D eigenvalue weighted by atomic mass is 35.5. The number of rotatable bonds is 7. The van der Waals surface area contributed by atoms with Crippen LogP contribution in [-0.2, 0) is 16.1 Å². The summed E-state index contributed by atoms with van der Waals surface area (Å²) in [7, 11) is 0. The third-order valence-electron chi connectivity index (χ3n) is 15.5. The van der Waals surface area contributed by atoms with Gasteiger partial charge in [-0.25, -0.2) is 0 Å². The zero-order valence-corrected chi connectivity index (χ0v) is 29.3. The molecule has 0 aromatic heterocycles. The Balaban J connectivity index is 1.06. The summed E-state index contributed by atoms with van der Waals surface area (Å²) in [5.74, 6) is 4.52. The molecule has 1 aromatic carbocycles.